The molecule has 4 N–H and O–H groups in total. The van der Waals surface area contributed by atoms with Gasteiger partial charge in [0.25, 0.3) is 0 Å². The van der Waals surface area contributed by atoms with Gasteiger partial charge >= 0.3 is 0 Å². The summed E-state index contributed by atoms with van der Waals surface area (Å²) in [6.45, 7) is 8.21. The maximum Gasteiger partial charge on any atom is 0.151 e. The molecule has 8 nitrogen and oxygen atoms in total. The van der Waals surface area contributed by atoms with E-state index in [9.17, 15) is 0 Å². The number of aryl methyl sites for hydroxylation is 1. The fourth-order valence-corrected chi connectivity index (χ4v) is 3.85. The summed E-state index contributed by atoms with van der Waals surface area (Å²) in [7, 11) is 0. The van der Waals surface area contributed by atoms with E-state index in [2.05, 4.69) is 52.6 Å². The van der Waals surface area contributed by atoms with E-state index in [1.807, 2.05) is 18.2 Å². The van der Waals surface area contributed by atoms with Crippen molar-refractivity contribution in [3.05, 3.63) is 47.7 Å². The van der Waals surface area contributed by atoms with E-state index in [4.69, 9.17) is 20.3 Å². The molecule has 1 fully saturated rings. The Kier molecular flexibility index (Phi) is 7.24. The Bertz CT molecular complexity index is 1050. The molecule has 32 heavy (non-hydrogen) atoms. The predicted molar refractivity (Wildman–Crippen MR) is 129 cm³/mol. The third-order valence-electron chi connectivity index (χ3n) is 5.70. The molecule has 1 aliphatic heterocycles. The quantitative estimate of drug-likeness (QED) is 0.164. The zero-order chi connectivity index (χ0) is 22.3. The first-order chi connectivity index (χ1) is 15.7. The summed E-state index contributed by atoms with van der Waals surface area (Å²) in [5, 5.41) is 8.60. The molecule has 170 valence electrons. The smallest absolute Gasteiger partial charge is 0.151 e. The highest BCUT2D eigenvalue weighted by Crippen LogP contribution is 2.29. The third kappa shape index (κ3) is 4.87. The maximum absolute atomic E-state index is 6.10. The molecule has 0 bridgehead atoms. The predicted octanol–water partition coefficient (Wildman–Crippen LogP) is 3.68. The number of morpholine rings is 1. The van der Waals surface area contributed by atoms with Crippen LogP contribution < -0.4 is 20.9 Å². The standard InChI is InChI=1S/C24H32N6O2/c1-3-5-12-32-23-16-22-19(21(4-2)28-29-22)15-20(23)24(27-25)26-17-6-8-18(9-7-17)30-10-13-31-14-11-30/h6-9,15-16H,3-5,10-14,25H2,1-2H3,(H,26,27)(H,28,29). The molecule has 1 aliphatic rings. The number of hydrogen-bond donors (Lipinski definition) is 3. The fourth-order valence-electron chi connectivity index (χ4n) is 3.85. The van der Waals surface area contributed by atoms with E-state index in [0.717, 1.165) is 79.2 Å². The summed E-state index contributed by atoms with van der Waals surface area (Å²) in [5.41, 5.74) is 7.55. The van der Waals surface area contributed by atoms with Gasteiger partial charge in [0.1, 0.15) is 5.75 Å². The number of unbranched alkanes of at least 4 members (excludes halogenated alkanes) is 1. The molecule has 1 aromatic heterocycles. The number of nitrogens with two attached hydrogens (primary N) is 1. The molecule has 2 heterocycles. The SMILES string of the molecule is CCCCOc1cc2n[nH]c(CC)c2cc1C(=Nc1ccc(N2CCOCC2)cc1)NN. The van der Waals surface area contributed by atoms with Crippen LogP contribution in [0.1, 0.15) is 37.9 Å². The van der Waals surface area contributed by atoms with Gasteiger partial charge in [-0.25, -0.2) is 10.8 Å². The number of aliphatic imine (C=N–C) groups is 1. The Labute approximate surface area is 188 Å². The zero-order valence-electron chi connectivity index (χ0n) is 18.9. The molecular weight excluding hydrogens is 404 g/mol. The van der Waals surface area contributed by atoms with Crippen molar-refractivity contribution in [3.8, 4) is 5.75 Å². The molecule has 0 amide bonds. The molecule has 0 atom stereocenters. The summed E-state index contributed by atoms with van der Waals surface area (Å²) >= 11 is 0. The van der Waals surface area contributed by atoms with Gasteiger partial charge in [-0.2, -0.15) is 5.10 Å². The van der Waals surface area contributed by atoms with Crippen LogP contribution in [0, 0.1) is 0 Å². The van der Waals surface area contributed by atoms with Crippen LogP contribution in [0.3, 0.4) is 0 Å². The third-order valence-corrected chi connectivity index (χ3v) is 5.70. The van der Waals surface area contributed by atoms with E-state index in [0.29, 0.717) is 12.4 Å². The minimum absolute atomic E-state index is 0.556. The topological polar surface area (TPSA) is 101 Å². The Morgan fingerprint density at radius 1 is 1.22 bits per heavy atom. The van der Waals surface area contributed by atoms with E-state index in [1.165, 1.54) is 5.69 Å². The second-order valence-electron chi connectivity index (χ2n) is 7.84. The lowest BCUT2D eigenvalue weighted by Crippen LogP contribution is -2.36. The second kappa shape index (κ2) is 10.5. The Morgan fingerprint density at radius 3 is 2.69 bits per heavy atom. The van der Waals surface area contributed by atoms with Crippen LogP contribution in [-0.4, -0.2) is 48.9 Å². The molecule has 0 saturated carbocycles. The number of ether oxygens (including phenoxy) is 2. The van der Waals surface area contributed by atoms with Crippen molar-refractivity contribution in [3.63, 3.8) is 0 Å². The lowest BCUT2D eigenvalue weighted by atomic mass is 10.1. The molecule has 0 aliphatic carbocycles. The number of anilines is 1. The van der Waals surface area contributed by atoms with E-state index in [1.54, 1.807) is 0 Å². The average Bonchev–Trinajstić information content (AvgIpc) is 3.25. The molecule has 0 unspecified atom stereocenters. The number of H-pyrrole nitrogens is 1. The van der Waals surface area contributed by atoms with E-state index < -0.39 is 0 Å². The Morgan fingerprint density at radius 2 is 2.00 bits per heavy atom. The van der Waals surface area contributed by atoms with Crippen molar-refractivity contribution in [1.82, 2.24) is 15.6 Å². The highest BCUT2D eigenvalue weighted by Gasteiger charge is 2.16. The summed E-state index contributed by atoms with van der Waals surface area (Å²) in [6, 6.07) is 12.2. The number of nitrogens with zero attached hydrogens (tertiary/aromatic N) is 3. The second-order valence-corrected chi connectivity index (χ2v) is 7.84. The lowest BCUT2D eigenvalue weighted by Gasteiger charge is -2.28. The van der Waals surface area contributed by atoms with Gasteiger partial charge in [0.2, 0.25) is 0 Å². The molecule has 8 heteroatoms. The van der Waals surface area contributed by atoms with Crippen molar-refractivity contribution < 1.29 is 9.47 Å². The summed E-state index contributed by atoms with van der Waals surface area (Å²) in [5.74, 6) is 7.21. The highest BCUT2D eigenvalue weighted by molar-refractivity contribution is 6.05. The van der Waals surface area contributed by atoms with Gasteiger partial charge < -0.3 is 19.8 Å². The number of aromatic amines is 1. The largest absolute Gasteiger partial charge is 0.493 e. The molecule has 0 radical (unpaired) electrons. The van der Waals surface area contributed by atoms with Crippen molar-refractivity contribution in [2.45, 2.75) is 33.1 Å². The van der Waals surface area contributed by atoms with Gasteiger partial charge in [-0.05, 0) is 43.2 Å². The van der Waals surface area contributed by atoms with Crippen LogP contribution in [0.2, 0.25) is 0 Å². The first kappa shape index (κ1) is 22.1. The van der Waals surface area contributed by atoms with Crippen molar-refractivity contribution in [1.29, 1.82) is 0 Å². The van der Waals surface area contributed by atoms with Gasteiger partial charge in [-0.1, -0.05) is 20.3 Å². The number of benzene rings is 2. The van der Waals surface area contributed by atoms with Crippen LogP contribution in [0.5, 0.6) is 5.75 Å². The Balaban J connectivity index is 1.67. The number of amidine groups is 1. The molecular formula is C24H32N6O2. The van der Waals surface area contributed by atoms with Crippen molar-refractivity contribution in [2.75, 3.05) is 37.8 Å². The molecule has 3 aromatic rings. The normalized spacial score (nSPS) is 14.7. The van der Waals surface area contributed by atoms with Gasteiger partial charge in [-0.3, -0.25) is 5.10 Å². The summed E-state index contributed by atoms with van der Waals surface area (Å²) < 4.78 is 11.5. The number of hydrazine groups is 1. The minimum Gasteiger partial charge on any atom is -0.493 e. The van der Waals surface area contributed by atoms with E-state index in [-0.39, 0.29) is 0 Å². The van der Waals surface area contributed by atoms with Crippen LogP contribution in [0.4, 0.5) is 11.4 Å². The van der Waals surface area contributed by atoms with Crippen molar-refractivity contribution in [2.24, 2.45) is 10.8 Å². The number of aromatic nitrogens is 2. The number of rotatable bonds is 8. The molecule has 2 aromatic carbocycles. The van der Waals surface area contributed by atoms with Gasteiger partial charge in [0, 0.05) is 35.9 Å². The average molecular weight is 437 g/mol. The minimum atomic E-state index is 0.556. The Hall–Kier alpha value is -3.10. The number of nitrogens with one attached hydrogen (secondary N) is 2. The first-order valence-electron chi connectivity index (χ1n) is 11.4. The van der Waals surface area contributed by atoms with Gasteiger partial charge in [0.15, 0.2) is 5.84 Å². The fraction of sp³-hybridized carbons (Fsp3) is 0.417. The van der Waals surface area contributed by atoms with Gasteiger partial charge in [0.05, 0.1) is 36.6 Å². The van der Waals surface area contributed by atoms with Crippen LogP contribution in [-0.2, 0) is 11.2 Å². The monoisotopic (exact) mass is 436 g/mol. The summed E-state index contributed by atoms with van der Waals surface area (Å²) in [4.78, 5) is 7.11. The van der Waals surface area contributed by atoms with Crippen molar-refractivity contribution >= 4 is 28.1 Å². The van der Waals surface area contributed by atoms with Crippen LogP contribution in [0.25, 0.3) is 10.9 Å². The number of fused-ring (bicyclic) bond motifs is 1. The van der Waals surface area contributed by atoms with E-state index >= 15 is 0 Å². The first-order valence-corrected chi connectivity index (χ1v) is 11.4. The highest BCUT2D eigenvalue weighted by atomic mass is 16.5. The number of hydrogen-bond acceptors (Lipinski definition) is 6. The maximum atomic E-state index is 6.10. The molecule has 1 saturated heterocycles. The molecule has 4 rings (SSSR count). The molecule has 0 spiro atoms. The van der Waals surface area contributed by atoms with Gasteiger partial charge in [-0.15, -0.1) is 0 Å². The van der Waals surface area contributed by atoms with Crippen LogP contribution >= 0.6 is 0 Å². The van der Waals surface area contributed by atoms with Crippen LogP contribution in [0.15, 0.2) is 41.4 Å². The summed E-state index contributed by atoms with van der Waals surface area (Å²) in [6.07, 6.45) is 2.90. The zero-order valence-corrected chi connectivity index (χ0v) is 18.9. The lowest BCUT2D eigenvalue weighted by molar-refractivity contribution is 0.122.